The summed E-state index contributed by atoms with van der Waals surface area (Å²) < 4.78 is 0. The zero-order valence-corrected chi connectivity index (χ0v) is 7.43. The molecule has 1 unspecified atom stereocenters. The van der Waals surface area contributed by atoms with E-state index in [0.29, 0.717) is 5.92 Å². The number of hydrogen-bond acceptors (Lipinski definition) is 2. The second-order valence-corrected chi connectivity index (χ2v) is 2.62. The predicted octanol–water partition coefficient (Wildman–Crippen LogP) is 1.83. The first-order valence-electron chi connectivity index (χ1n) is 4.11. The molecule has 0 aromatic heterocycles. The lowest BCUT2D eigenvalue weighted by Crippen LogP contribution is -2.12. The van der Waals surface area contributed by atoms with Crippen molar-refractivity contribution in [1.29, 1.82) is 5.41 Å². The minimum absolute atomic E-state index is 0.546. The standard InChI is InChI=1S/C9H18N2/c1-3-4-9(5-7-10)6-8-11-2/h3-4,7,9-11H,5-6,8H2,1-2H3/b4-3-,10-7?. The molecule has 0 radical (unpaired) electrons. The molecule has 0 aromatic rings. The van der Waals surface area contributed by atoms with E-state index in [-0.39, 0.29) is 0 Å². The Kier molecular flexibility index (Phi) is 7.05. The van der Waals surface area contributed by atoms with Gasteiger partial charge in [-0.3, -0.25) is 0 Å². The molecule has 11 heavy (non-hydrogen) atoms. The molecular weight excluding hydrogens is 136 g/mol. The maximum Gasteiger partial charge on any atom is -0.00419 e. The van der Waals surface area contributed by atoms with Gasteiger partial charge in [-0.15, -0.1) is 0 Å². The lowest BCUT2D eigenvalue weighted by molar-refractivity contribution is 0.586. The molecule has 2 nitrogen and oxygen atoms in total. The van der Waals surface area contributed by atoms with Crippen molar-refractivity contribution < 1.29 is 0 Å². The molecule has 64 valence electrons. The van der Waals surface area contributed by atoms with Crippen LogP contribution in [0.25, 0.3) is 0 Å². The molecule has 0 heterocycles. The monoisotopic (exact) mass is 154 g/mol. The number of nitrogens with one attached hydrogen (secondary N) is 2. The molecule has 1 atom stereocenters. The Morgan fingerprint density at radius 1 is 1.55 bits per heavy atom. The molecule has 2 heteroatoms. The summed E-state index contributed by atoms with van der Waals surface area (Å²) in [7, 11) is 1.96. The summed E-state index contributed by atoms with van der Waals surface area (Å²) in [5.74, 6) is 0.546. The average molecular weight is 154 g/mol. The van der Waals surface area contributed by atoms with E-state index in [9.17, 15) is 0 Å². The lowest BCUT2D eigenvalue weighted by Gasteiger charge is -2.08. The number of allylic oxidation sites excluding steroid dienone is 2. The molecule has 0 aliphatic rings. The van der Waals surface area contributed by atoms with Crippen LogP contribution < -0.4 is 5.32 Å². The van der Waals surface area contributed by atoms with Crippen molar-refractivity contribution in [3.8, 4) is 0 Å². The van der Waals surface area contributed by atoms with Crippen LogP contribution in [0.4, 0.5) is 0 Å². The number of rotatable bonds is 6. The summed E-state index contributed by atoms with van der Waals surface area (Å²) in [6, 6.07) is 0. The maximum absolute atomic E-state index is 6.97. The fourth-order valence-corrected chi connectivity index (χ4v) is 1.05. The quantitative estimate of drug-likeness (QED) is 0.444. The maximum atomic E-state index is 6.97. The Bertz CT molecular complexity index is 119. The van der Waals surface area contributed by atoms with Crippen molar-refractivity contribution >= 4 is 6.21 Å². The van der Waals surface area contributed by atoms with E-state index in [1.807, 2.05) is 14.0 Å². The minimum Gasteiger partial charge on any atom is -0.320 e. The summed E-state index contributed by atoms with van der Waals surface area (Å²) in [4.78, 5) is 0. The molecule has 0 aliphatic carbocycles. The third-order valence-electron chi connectivity index (χ3n) is 1.65. The van der Waals surface area contributed by atoms with E-state index in [4.69, 9.17) is 5.41 Å². The van der Waals surface area contributed by atoms with Gasteiger partial charge in [0.25, 0.3) is 0 Å². The summed E-state index contributed by atoms with van der Waals surface area (Å²) in [6.45, 7) is 3.05. The first-order chi connectivity index (χ1) is 5.35. The smallest absolute Gasteiger partial charge is 0.00419 e. The van der Waals surface area contributed by atoms with Gasteiger partial charge in [0.2, 0.25) is 0 Å². The highest BCUT2D eigenvalue weighted by Crippen LogP contribution is 2.07. The van der Waals surface area contributed by atoms with Crippen molar-refractivity contribution in [1.82, 2.24) is 5.32 Å². The van der Waals surface area contributed by atoms with Gasteiger partial charge in [-0.05, 0) is 45.5 Å². The molecule has 0 aromatic carbocycles. The van der Waals surface area contributed by atoms with Gasteiger partial charge >= 0.3 is 0 Å². The van der Waals surface area contributed by atoms with E-state index in [0.717, 1.165) is 19.4 Å². The van der Waals surface area contributed by atoms with Crippen molar-refractivity contribution in [3.05, 3.63) is 12.2 Å². The second-order valence-electron chi connectivity index (χ2n) is 2.62. The first-order valence-corrected chi connectivity index (χ1v) is 4.11. The average Bonchev–Trinajstić information content (AvgIpc) is 2.01. The highest BCUT2D eigenvalue weighted by atomic mass is 14.8. The van der Waals surface area contributed by atoms with E-state index in [2.05, 4.69) is 17.5 Å². The van der Waals surface area contributed by atoms with Crippen LogP contribution >= 0.6 is 0 Å². The third kappa shape index (κ3) is 5.80. The van der Waals surface area contributed by atoms with Crippen molar-refractivity contribution in [2.75, 3.05) is 13.6 Å². The molecule has 0 fully saturated rings. The van der Waals surface area contributed by atoms with Crippen LogP contribution in [0.5, 0.6) is 0 Å². The van der Waals surface area contributed by atoms with Crippen LogP contribution in [0.15, 0.2) is 12.2 Å². The van der Waals surface area contributed by atoms with Crippen LogP contribution in [0.2, 0.25) is 0 Å². The fraction of sp³-hybridized carbons (Fsp3) is 0.667. The largest absolute Gasteiger partial charge is 0.320 e. The Morgan fingerprint density at radius 3 is 2.73 bits per heavy atom. The molecule has 0 aliphatic heterocycles. The molecule has 0 rings (SSSR count). The van der Waals surface area contributed by atoms with Crippen molar-refractivity contribution in [3.63, 3.8) is 0 Å². The van der Waals surface area contributed by atoms with E-state index in [1.54, 1.807) is 0 Å². The van der Waals surface area contributed by atoms with Crippen molar-refractivity contribution in [2.24, 2.45) is 5.92 Å². The third-order valence-corrected chi connectivity index (χ3v) is 1.65. The van der Waals surface area contributed by atoms with Gasteiger partial charge < -0.3 is 10.7 Å². The Hall–Kier alpha value is -0.630. The van der Waals surface area contributed by atoms with Gasteiger partial charge in [-0.25, -0.2) is 0 Å². The van der Waals surface area contributed by atoms with Crippen LogP contribution in [0.1, 0.15) is 19.8 Å². The van der Waals surface area contributed by atoms with Gasteiger partial charge in [0.15, 0.2) is 0 Å². The second kappa shape index (κ2) is 7.48. The summed E-state index contributed by atoms with van der Waals surface area (Å²) in [6.07, 6.45) is 7.70. The molecule has 0 bridgehead atoms. The zero-order chi connectivity index (χ0) is 8.53. The van der Waals surface area contributed by atoms with Gasteiger partial charge in [0.1, 0.15) is 0 Å². The van der Waals surface area contributed by atoms with Crippen LogP contribution in [0, 0.1) is 11.3 Å². The number of hydrogen-bond donors (Lipinski definition) is 2. The minimum atomic E-state index is 0.546. The molecule has 2 N–H and O–H groups in total. The van der Waals surface area contributed by atoms with E-state index >= 15 is 0 Å². The fourth-order valence-electron chi connectivity index (χ4n) is 1.05. The summed E-state index contributed by atoms with van der Waals surface area (Å²) >= 11 is 0. The highest BCUT2D eigenvalue weighted by Gasteiger charge is 2.00. The van der Waals surface area contributed by atoms with Crippen LogP contribution in [-0.2, 0) is 0 Å². The van der Waals surface area contributed by atoms with Crippen LogP contribution in [-0.4, -0.2) is 19.8 Å². The molecular formula is C9H18N2. The zero-order valence-electron chi connectivity index (χ0n) is 7.43. The normalized spacial score (nSPS) is 13.6. The highest BCUT2D eigenvalue weighted by molar-refractivity contribution is 5.53. The molecule has 0 amide bonds. The van der Waals surface area contributed by atoms with E-state index in [1.165, 1.54) is 6.21 Å². The van der Waals surface area contributed by atoms with Gasteiger partial charge in [-0.2, -0.15) is 0 Å². The first kappa shape index (κ1) is 10.4. The van der Waals surface area contributed by atoms with E-state index < -0.39 is 0 Å². The molecule has 0 saturated carbocycles. The summed E-state index contributed by atoms with van der Waals surface area (Å²) in [5, 5.41) is 10.1. The Balaban J connectivity index is 3.59. The molecule has 0 spiro atoms. The van der Waals surface area contributed by atoms with Gasteiger partial charge in [-0.1, -0.05) is 12.2 Å². The topological polar surface area (TPSA) is 35.9 Å². The predicted molar refractivity (Wildman–Crippen MR) is 50.2 cm³/mol. The summed E-state index contributed by atoms with van der Waals surface area (Å²) in [5.41, 5.74) is 0. The Morgan fingerprint density at radius 2 is 2.27 bits per heavy atom. The van der Waals surface area contributed by atoms with Gasteiger partial charge in [0, 0.05) is 0 Å². The Labute approximate surface area is 69.2 Å². The van der Waals surface area contributed by atoms with Gasteiger partial charge in [0.05, 0.1) is 0 Å². The molecule has 0 saturated heterocycles. The van der Waals surface area contributed by atoms with Crippen molar-refractivity contribution in [2.45, 2.75) is 19.8 Å². The SMILES string of the molecule is C/C=C\C(CC=N)CCNC. The van der Waals surface area contributed by atoms with Crippen LogP contribution in [0.3, 0.4) is 0 Å². The lowest BCUT2D eigenvalue weighted by atomic mass is 10.0.